The fourth-order valence-corrected chi connectivity index (χ4v) is 2.09. The van der Waals surface area contributed by atoms with Gasteiger partial charge in [-0.2, -0.15) is 0 Å². The molecular weight excluding hydrogens is 242 g/mol. The summed E-state index contributed by atoms with van der Waals surface area (Å²) in [6, 6.07) is 0. The minimum atomic E-state index is -0.630. The fourth-order valence-electron chi connectivity index (χ4n) is 1.92. The van der Waals surface area contributed by atoms with Crippen LogP contribution in [-0.4, -0.2) is 40.1 Å². The summed E-state index contributed by atoms with van der Waals surface area (Å²) in [5.41, 5.74) is -0.315. The molecule has 2 rings (SSSR count). The van der Waals surface area contributed by atoms with Crippen molar-refractivity contribution in [2.75, 3.05) is 18.0 Å². The van der Waals surface area contributed by atoms with Crippen LogP contribution in [0.4, 0.5) is 5.82 Å². The first-order chi connectivity index (χ1) is 8.03. The zero-order valence-electron chi connectivity index (χ0n) is 9.56. The van der Waals surface area contributed by atoms with Gasteiger partial charge in [0.15, 0.2) is 6.29 Å². The third kappa shape index (κ3) is 2.56. The van der Waals surface area contributed by atoms with Gasteiger partial charge in [0.05, 0.1) is 11.2 Å². The van der Waals surface area contributed by atoms with Crippen LogP contribution < -0.4 is 4.90 Å². The van der Waals surface area contributed by atoms with Crippen molar-refractivity contribution in [3.63, 3.8) is 0 Å². The van der Waals surface area contributed by atoms with Crippen LogP contribution in [0, 0.1) is 0 Å². The van der Waals surface area contributed by atoms with E-state index < -0.39 is 5.60 Å². The Morgan fingerprint density at radius 2 is 2.12 bits per heavy atom. The van der Waals surface area contributed by atoms with E-state index in [1.807, 2.05) is 11.8 Å². The zero-order chi connectivity index (χ0) is 12.5. The molecule has 1 saturated heterocycles. The molecule has 0 unspecified atom stereocenters. The lowest BCUT2D eigenvalue weighted by Gasteiger charge is -2.36. The molecule has 0 radical (unpaired) electrons. The molecule has 17 heavy (non-hydrogen) atoms. The van der Waals surface area contributed by atoms with Gasteiger partial charge in [0.1, 0.15) is 17.3 Å². The fraction of sp³-hybridized carbons (Fsp3) is 0.545. The van der Waals surface area contributed by atoms with E-state index in [1.54, 1.807) is 0 Å². The summed E-state index contributed by atoms with van der Waals surface area (Å²) in [4.78, 5) is 20.8. The van der Waals surface area contributed by atoms with E-state index in [2.05, 4.69) is 9.97 Å². The molecule has 0 amide bonds. The summed E-state index contributed by atoms with van der Waals surface area (Å²) in [6.07, 6.45) is 3.31. The van der Waals surface area contributed by atoms with E-state index in [9.17, 15) is 9.90 Å². The lowest BCUT2D eigenvalue weighted by molar-refractivity contribution is 0.0350. The van der Waals surface area contributed by atoms with Crippen LogP contribution in [0.5, 0.6) is 0 Å². The first-order valence-electron chi connectivity index (χ1n) is 5.46. The van der Waals surface area contributed by atoms with Crippen LogP contribution in [0.25, 0.3) is 0 Å². The van der Waals surface area contributed by atoms with Crippen molar-refractivity contribution < 1.29 is 9.90 Å². The zero-order valence-corrected chi connectivity index (χ0v) is 10.3. The monoisotopic (exact) mass is 255 g/mol. The van der Waals surface area contributed by atoms with Crippen LogP contribution >= 0.6 is 11.6 Å². The third-order valence-electron chi connectivity index (χ3n) is 3.07. The maximum atomic E-state index is 11.0. The van der Waals surface area contributed by atoms with Gasteiger partial charge in [-0.25, -0.2) is 9.97 Å². The summed E-state index contributed by atoms with van der Waals surface area (Å²) in [7, 11) is 0. The van der Waals surface area contributed by atoms with Crippen LogP contribution in [0.15, 0.2) is 6.33 Å². The number of piperidine rings is 1. The molecule has 2 heterocycles. The third-order valence-corrected chi connectivity index (χ3v) is 3.37. The van der Waals surface area contributed by atoms with Crippen LogP contribution in [0.1, 0.15) is 30.1 Å². The summed E-state index contributed by atoms with van der Waals surface area (Å²) in [5.74, 6) is 0.551. The number of anilines is 1. The normalized spacial score (nSPS) is 19.1. The molecule has 1 N–H and O–H groups in total. The Morgan fingerprint density at radius 1 is 1.47 bits per heavy atom. The second kappa shape index (κ2) is 4.58. The first kappa shape index (κ1) is 12.3. The molecule has 6 heteroatoms. The van der Waals surface area contributed by atoms with Crippen molar-refractivity contribution in [1.29, 1.82) is 0 Å². The van der Waals surface area contributed by atoms with Gasteiger partial charge in [-0.15, -0.1) is 0 Å². The second-order valence-electron chi connectivity index (χ2n) is 4.50. The Labute approximate surface area is 104 Å². The Balaban J connectivity index is 2.24. The highest BCUT2D eigenvalue weighted by Gasteiger charge is 2.29. The second-order valence-corrected chi connectivity index (χ2v) is 4.86. The van der Waals surface area contributed by atoms with Crippen molar-refractivity contribution >= 4 is 23.7 Å². The van der Waals surface area contributed by atoms with Gasteiger partial charge in [0.25, 0.3) is 0 Å². The van der Waals surface area contributed by atoms with Gasteiger partial charge >= 0.3 is 0 Å². The number of hydrogen-bond acceptors (Lipinski definition) is 5. The summed E-state index contributed by atoms with van der Waals surface area (Å²) < 4.78 is 0. The largest absolute Gasteiger partial charge is 0.390 e. The Bertz CT molecular complexity index is 427. The molecule has 1 aliphatic rings. The highest BCUT2D eigenvalue weighted by atomic mass is 35.5. The van der Waals surface area contributed by atoms with Crippen LogP contribution in [-0.2, 0) is 0 Å². The summed E-state index contributed by atoms with van der Waals surface area (Å²) in [6.45, 7) is 3.13. The number of nitrogens with zero attached hydrogens (tertiary/aromatic N) is 3. The number of halogens is 1. The highest BCUT2D eigenvalue weighted by Crippen LogP contribution is 2.27. The van der Waals surface area contributed by atoms with E-state index in [4.69, 9.17) is 11.6 Å². The molecule has 1 aliphatic heterocycles. The molecule has 0 saturated carbocycles. The van der Waals surface area contributed by atoms with Crippen LogP contribution in [0.3, 0.4) is 0 Å². The number of aromatic nitrogens is 2. The van der Waals surface area contributed by atoms with E-state index in [1.165, 1.54) is 6.33 Å². The highest BCUT2D eigenvalue weighted by molar-refractivity contribution is 6.32. The molecule has 0 spiro atoms. The molecule has 1 aromatic heterocycles. The lowest BCUT2D eigenvalue weighted by atomic mass is 9.94. The minimum Gasteiger partial charge on any atom is -0.390 e. The number of hydrogen-bond donors (Lipinski definition) is 1. The van der Waals surface area contributed by atoms with E-state index >= 15 is 0 Å². The number of aldehydes is 1. The molecule has 0 bridgehead atoms. The van der Waals surface area contributed by atoms with Gasteiger partial charge in [-0.05, 0) is 19.8 Å². The van der Waals surface area contributed by atoms with Gasteiger partial charge in [-0.3, -0.25) is 4.79 Å². The van der Waals surface area contributed by atoms with Gasteiger partial charge < -0.3 is 10.0 Å². The maximum Gasteiger partial charge on any atom is 0.156 e. The standard InChI is InChI=1S/C11H14ClN3O2/c1-11(17)2-4-15(5-3-11)10-8(6-16)9(12)13-7-14-10/h6-7,17H,2-5H2,1H3. The number of rotatable bonds is 2. The quantitative estimate of drug-likeness (QED) is 0.637. The number of carbonyl (C=O) groups excluding carboxylic acids is 1. The average Bonchev–Trinajstić information content (AvgIpc) is 2.29. The SMILES string of the molecule is CC1(O)CCN(c2ncnc(Cl)c2C=O)CC1. The Hall–Kier alpha value is -1.20. The molecule has 0 atom stereocenters. The van der Waals surface area contributed by atoms with E-state index in [0.717, 1.165) is 0 Å². The molecular formula is C11H14ClN3O2. The Kier molecular flexibility index (Phi) is 3.31. The molecule has 5 nitrogen and oxygen atoms in total. The summed E-state index contributed by atoms with van der Waals surface area (Å²) in [5, 5.41) is 10.0. The van der Waals surface area contributed by atoms with Gasteiger partial charge in [0, 0.05) is 13.1 Å². The number of aliphatic hydroxyl groups is 1. The number of carbonyl (C=O) groups is 1. The van der Waals surface area contributed by atoms with Gasteiger partial charge in [0.2, 0.25) is 0 Å². The smallest absolute Gasteiger partial charge is 0.156 e. The molecule has 0 aliphatic carbocycles. The molecule has 1 aromatic rings. The average molecular weight is 256 g/mol. The van der Waals surface area contributed by atoms with Crippen LogP contribution in [0.2, 0.25) is 5.15 Å². The first-order valence-corrected chi connectivity index (χ1v) is 5.84. The molecule has 92 valence electrons. The van der Waals surface area contributed by atoms with E-state index in [0.29, 0.717) is 43.6 Å². The summed E-state index contributed by atoms with van der Waals surface area (Å²) >= 11 is 5.85. The van der Waals surface area contributed by atoms with Crippen molar-refractivity contribution in [2.45, 2.75) is 25.4 Å². The van der Waals surface area contributed by atoms with Crippen molar-refractivity contribution in [1.82, 2.24) is 9.97 Å². The molecule has 0 aromatic carbocycles. The Morgan fingerprint density at radius 3 is 2.71 bits per heavy atom. The predicted octanol–water partition coefficient (Wildman–Crippen LogP) is 1.29. The maximum absolute atomic E-state index is 11.0. The van der Waals surface area contributed by atoms with E-state index in [-0.39, 0.29) is 5.15 Å². The van der Waals surface area contributed by atoms with Crippen molar-refractivity contribution in [3.8, 4) is 0 Å². The molecule has 1 fully saturated rings. The van der Waals surface area contributed by atoms with Gasteiger partial charge in [-0.1, -0.05) is 11.6 Å². The predicted molar refractivity (Wildman–Crippen MR) is 64.5 cm³/mol. The lowest BCUT2D eigenvalue weighted by Crippen LogP contribution is -2.43. The topological polar surface area (TPSA) is 66.3 Å². The van der Waals surface area contributed by atoms with Crippen molar-refractivity contribution in [2.24, 2.45) is 0 Å². The van der Waals surface area contributed by atoms with Crippen molar-refractivity contribution in [3.05, 3.63) is 17.0 Å². The minimum absolute atomic E-state index is 0.169.